The van der Waals surface area contributed by atoms with Gasteiger partial charge in [0.25, 0.3) is 11.1 Å². The molecule has 4 aromatic rings. The summed E-state index contributed by atoms with van der Waals surface area (Å²) < 4.78 is 24.7. The number of hydrogen-bond donors (Lipinski definition) is 2. The smallest absolute Gasteiger partial charge is 0.337 e. The molecule has 1 aliphatic heterocycles. The van der Waals surface area contributed by atoms with Crippen molar-refractivity contribution in [3.63, 3.8) is 0 Å². The van der Waals surface area contributed by atoms with Gasteiger partial charge in [0.2, 0.25) is 0 Å². The number of nitrogens with zero attached hydrogens (tertiary/aromatic N) is 4. The van der Waals surface area contributed by atoms with Gasteiger partial charge in [-0.05, 0) is 49.2 Å². The van der Waals surface area contributed by atoms with E-state index < -0.39 is 22.6 Å². The number of aryl methyl sites for hydroxylation is 1. The lowest BCUT2D eigenvalue weighted by Crippen LogP contribution is -2.41. The van der Waals surface area contributed by atoms with Crippen LogP contribution in [0, 0.1) is 5.82 Å². The molecule has 1 saturated carbocycles. The van der Waals surface area contributed by atoms with E-state index in [4.69, 9.17) is 4.74 Å². The number of nitrogens with one attached hydrogen (secondary N) is 2. The Morgan fingerprint density at radius 3 is 2.54 bits per heavy atom. The second-order valence-electron chi connectivity index (χ2n) is 10.4. The zero-order valence-electron chi connectivity index (χ0n) is 22.5. The Kier molecular flexibility index (Phi) is 7.54. The van der Waals surface area contributed by atoms with Crippen LogP contribution in [0.5, 0.6) is 0 Å². The average molecular weight is 625 g/mol. The van der Waals surface area contributed by atoms with Gasteiger partial charge in [-0.2, -0.15) is 0 Å². The average Bonchev–Trinajstić information content (AvgIpc) is 3.79. The Labute approximate surface area is 243 Å². The van der Waals surface area contributed by atoms with Crippen molar-refractivity contribution in [2.24, 2.45) is 7.05 Å². The maximum atomic E-state index is 14.8. The van der Waals surface area contributed by atoms with Gasteiger partial charge in [0.1, 0.15) is 16.9 Å². The number of fused-ring (bicyclic) bond motifs is 1. The Morgan fingerprint density at radius 2 is 1.80 bits per heavy atom. The minimum absolute atomic E-state index is 0.101. The van der Waals surface area contributed by atoms with Gasteiger partial charge in [0.15, 0.2) is 0 Å². The van der Waals surface area contributed by atoms with E-state index in [2.05, 4.69) is 31.5 Å². The Hall–Kier alpha value is -3.74. The molecule has 0 unspecified atom stereocenters. The first-order chi connectivity index (χ1) is 19.8. The monoisotopic (exact) mass is 624 g/mol. The summed E-state index contributed by atoms with van der Waals surface area (Å²) in [5.41, 5.74) is 0.200. The SMILES string of the molecule is Cn1c(=O)cc(Nc2ccc(Br)cc2F)c2c(=O)n(C3CC3)c(=O)n(-c3cccc(NCCN4CCOCC4)c3)c21. The molecular formula is C29H30BrFN6O4. The van der Waals surface area contributed by atoms with Crippen molar-refractivity contribution in [1.82, 2.24) is 18.6 Å². The van der Waals surface area contributed by atoms with Crippen LogP contribution in [0.1, 0.15) is 18.9 Å². The summed E-state index contributed by atoms with van der Waals surface area (Å²) in [5.74, 6) is -0.556. The number of aromatic nitrogens is 3. The van der Waals surface area contributed by atoms with E-state index in [-0.39, 0.29) is 28.5 Å². The van der Waals surface area contributed by atoms with E-state index in [1.807, 2.05) is 18.2 Å². The third kappa shape index (κ3) is 5.46. The second-order valence-corrected chi connectivity index (χ2v) is 11.3. The summed E-state index contributed by atoms with van der Waals surface area (Å²) in [7, 11) is 1.52. The highest BCUT2D eigenvalue weighted by Gasteiger charge is 2.31. The number of pyridine rings is 1. The summed E-state index contributed by atoms with van der Waals surface area (Å²) in [4.78, 5) is 43.3. The van der Waals surface area contributed by atoms with Crippen molar-refractivity contribution in [3.8, 4) is 5.69 Å². The molecule has 2 aromatic heterocycles. The molecule has 2 N–H and O–H groups in total. The quantitative estimate of drug-likeness (QED) is 0.309. The molecule has 2 aromatic carbocycles. The molecular weight excluding hydrogens is 595 g/mol. The molecule has 10 nitrogen and oxygen atoms in total. The van der Waals surface area contributed by atoms with Crippen molar-refractivity contribution in [3.05, 3.63) is 90.0 Å². The maximum Gasteiger partial charge on any atom is 0.337 e. The minimum atomic E-state index is -0.556. The number of benzene rings is 2. The largest absolute Gasteiger partial charge is 0.384 e. The first kappa shape index (κ1) is 27.4. The fourth-order valence-corrected chi connectivity index (χ4v) is 5.56. The fraction of sp³-hybridized carbons (Fsp3) is 0.345. The Morgan fingerprint density at radius 1 is 1.02 bits per heavy atom. The van der Waals surface area contributed by atoms with Crippen molar-refractivity contribution in [2.45, 2.75) is 18.9 Å². The van der Waals surface area contributed by atoms with E-state index in [1.54, 1.807) is 12.1 Å². The molecule has 2 fully saturated rings. The lowest BCUT2D eigenvalue weighted by atomic mass is 10.2. The van der Waals surface area contributed by atoms with E-state index in [1.165, 1.54) is 38.9 Å². The van der Waals surface area contributed by atoms with Crippen LogP contribution in [0.2, 0.25) is 0 Å². The number of rotatable bonds is 8. The van der Waals surface area contributed by atoms with Crippen LogP contribution >= 0.6 is 15.9 Å². The van der Waals surface area contributed by atoms with Crippen molar-refractivity contribution in [2.75, 3.05) is 50.0 Å². The molecule has 214 valence electrons. The molecule has 0 amide bonds. The molecule has 12 heteroatoms. The van der Waals surface area contributed by atoms with Gasteiger partial charge < -0.3 is 15.4 Å². The summed E-state index contributed by atoms with van der Waals surface area (Å²) in [6.07, 6.45) is 1.42. The highest BCUT2D eigenvalue weighted by atomic mass is 79.9. The van der Waals surface area contributed by atoms with Crippen LogP contribution in [-0.4, -0.2) is 58.0 Å². The first-order valence-electron chi connectivity index (χ1n) is 13.6. The summed E-state index contributed by atoms with van der Waals surface area (Å²) >= 11 is 3.25. The third-order valence-corrected chi connectivity index (χ3v) is 8.02. The summed E-state index contributed by atoms with van der Waals surface area (Å²) in [5, 5.41) is 6.49. The van der Waals surface area contributed by atoms with Crippen LogP contribution in [0.3, 0.4) is 0 Å². The minimum Gasteiger partial charge on any atom is -0.384 e. The standard InChI is InChI=1S/C29H30BrFN6O4/c1-34-25(38)17-24(33-23-8-5-18(30)15-22(23)31)26-27(34)36(29(40)37(28(26)39)20-6-7-20)21-4-2-3-19(16-21)32-9-10-35-11-13-41-14-12-35/h2-5,8,15-17,20,32-33H,6-7,9-14H2,1H3. The van der Waals surface area contributed by atoms with Crippen LogP contribution in [0.15, 0.2) is 67.4 Å². The molecule has 0 spiro atoms. The second kappa shape index (κ2) is 11.3. The number of morpholine rings is 1. The van der Waals surface area contributed by atoms with E-state index in [9.17, 15) is 18.8 Å². The first-order valence-corrected chi connectivity index (χ1v) is 14.4. The lowest BCUT2D eigenvalue weighted by Gasteiger charge is -2.26. The molecule has 2 aliphatic rings. The van der Waals surface area contributed by atoms with Gasteiger partial charge in [0.05, 0.1) is 30.3 Å². The van der Waals surface area contributed by atoms with Gasteiger partial charge in [-0.25, -0.2) is 13.8 Å². The van der Waals surface area contributed by atoms with Gasteiger partial charge in [-0.15, -0.1) is 0 Å². The molecule has 0 atom stereocenters. The number of ether oxygens (including phenoxy) is 1. The van der Waals surface area contributed by atoms with E-state index in [0.29, 0.717) is 29.5 Å². The predicted octanol–water partition coefficient (Wildman–Crippen LogP) is 3.58. The number of hydrogen-bond acceptors (Lipinski definition) is 7. The highest BCUT2D eigenvalue weighted by Crippen LogP contribution is 2.34. The van der Waals surface area contributed by atoms with Gasteiger partial charge in [0, 0.05) is 55.5 Å². The fourth-order valence-electron chi connectivity index (χ4n) is 5.22. The summed E-state index contributed by atoms with van der Waals surface area (Å²) in [6, 6.07) is 12.9. The molecule has 0 radical (unpaired) electrons. The number of anilines is 3. The number of halogens is 2. The molecule has 1 aliphatic carbocycles. The molecule has 6 rings (SSSR count). The lowest BCUT2D eigenvalue weighted by molar-refractivity contribution is 0.0398. The summed E-state index contributed by atoms with van der Waals surface area (Å²) in [6.45, 7) is 4.78. The van der Waals surface area contributed by atoms with Gasteiger partial charge in [-0.1, -0.05) is 22.0 Å². The van der Waals surface area contributed by atoms with Crippen molar-refractivity contribution < 1.29 is 9.13 Å². The third-order valence-electron chi connectivity index (χ3n) is 7.53. The molecule has 3 heterocycles. The van der Waals surface area contributed by atoms with Crippen LogP contribution in [0.25, 0.3) is 16.7 Å². The molecule has 0 bridgehead atoms. The van der Waals surface area contributed by atoms with Crippen molar-refractivity contribution >= 4 is 44.0 Å². The predicted molar refractivity (Wildman–Crippen MR) is 160 cm³/mol. The van der Waals surface area contributed by atoms with Crippen LogP contribution < -0.4 is 27.4 Å². The molecule has 41 heavy (non-hydrogen) atoms. The normalized spacial score (nSPS) is 15.8. The van der Waals surface area contributed by atoms with Crippen LogP contribution in [-0.2, 0) is 11.8 Å². The zero-order valence-corrected chi connectivity index (χ0v) is 24.1. The highest BCUT2D eigenvalue weighted by molar-refractivity contribution is 9.10. The van der Waals surface area contributed by atoms with Crippen molar-refractivity contribution in [1.29, 1.82) is 0 Å². The van der Waals surface area contributed by atoms with Gasteiger partial charge in [-0.3, -0.25) is 23.6 Å². The Bertz CT molecular complexity index is 1810. The Balaban J connectivity index is 1.48. The maximum absolute atomic E-state index is 14.8. The topological polar surface area (TPSA) is 103 Å². The van der Waals surface area contributed by atoms with E-state index >= 15 is 0 Å². The van der Waals surface area contributed by atoms with E-state index in [0.717, 1.165) is 38.5 Å². The zero-order chi connectivity index (χ0) is 28.7. The van der Waals surface area contributed by atoms with Crippen LogP contribution in [0.4, 0.5) is 21.5 Å². The van der Waals surface area contributed by atoms with Gasteiger partial charge >= 0.3 is 5.69 Å². The molecule has 1 saturated heterocycles.